The quantitative estimate of drug-likeness (QED) is 0.858. The van der Waals surface area contributed by atoms with Gasteiger partial charge >= 0.3 is 5.97 Å². The topological polar surface area (TPSA) is 66.4 Å². The second kappa shape index (κ2) is 6.74. The normalized spacial score (nSPS) is 12.8. The molecular weight excluding hydrogens is 266 g/mol. The molecule has 116 valence electrons. The summed E-state index contributed by atoms with van der Waals surface area (Å²) in [5.41, 5.74) is 1.63. The molecule has 1 rings (SSSR count). The molecular formula is C17H25NO3. The number of anilines is 1. The Labute approximate surface area is 126 Å². The number of carbonyl (C=O) groups is 2. The van der Waals surface area contributed by atoms with Crippen molar-refractivity contribution in [2.45, 2.75) is 47.5 Å². The zero-order valence-corrected chi connectivity index (χ0v) is 13.5. The van der Waals surface area contributed by atoms with E-state index in [0.29, 0.717) is 17.7 Å². The minimum absolute atomic E-state index is 0.0769. The molecule has 0 saturated heterocycles. The molecule has 0 bridgehead atoms. The van der Waals surface area contributed by atoms with E-state index in [1.807, 2.05) is 0 Å². The van der Waals surface area contributed by atoms with Crippen molar-refractivity contribution in [1.29, 1.82) is 0 Å². The summed E-state index contributed by atoms with van der Waals surface area (Å²) in [6.07, 6.45) is 1.41. The van der Waals surface area contributed by atoms with E-state index < -0.39 is 5.97 Å². The highest BCUT2D eigenvalue weighted by atomic mass is 16.4. The molecule has 0 fully saturated rings. The molecule has 4 heteroatoms. The molecule has 0 aliphatic heterocycles. The van der Waals surface area contributed by atoms with Crippen LogP contribution >= 0.6 is 0 Å². The molecule has 1 aromatic carbocycles. The lowest BCUT2D eigenvalue weighted by atomic mass is 9.84. The van der Waals surface area contributed by atoms with Crippen molar-refractivity contribution in [3.8, 4) is 0 Å². The Balaban J connectivity index is 2.67. The zero-order valence-electron chi connectivity index (χ0n) is 13.5. The maximum atomic E-state index is 12.0. The maximum absolute atomic E-state index is 12.0. The van der Waals surface area contributed by atoms with E-state index >= 15 is 0 Å². The number of hydrogen-bond acceptors (Lipinski definition) is 2. The van der Waals surface area contributed by atoms with Gasteiger partial charge in [0.05, 0.1) is 5.56 Å². The van der Waals surface area contributed by atoms with Crippen molar-refractivity contribution in [2.75, 3.05) is 5.32 Å². The number of aromatic carboxylic acids is 1. The lowest BCUT2D eigenvalue weighted by Gasteiger charge is -2.22. The lowest BCUT2D eigenvalue weighted by Crippen LogP contribution is -2.19. The van der Waals surface area contributed by atoms with E-state index in [4.69, 9.17) is 5.11 Å². The van der Waals surface area contributed by atoms with Crippen LogP contribution in [0, 0.1) is 18.3 Å². The number of carboxylic acid groups (broad SMARTS) is 1. The first-order valence-corrected chi connectivity index (χ1v) is 7.22. The van der Waals surface area contributed by atoms with Gasteiger partial charge in [0.15, 0.2) is 0 Å². The van der Waals surface area contributed by atoms with Crippen LogP contribution in [0.5, 0.6) is 0 Å². The molecule has 21 heavy (non-hydrogen) atoms. The number of carboxylic acids is 1. The van der Waals surface area contributed by atoms with Crippen LogP contribution in [-0.4, -0.2) is 17.0 Å². The second-order valence-corrected chi connectivity index (χ2v) is 6.96. The van der Waals surface area contributed by atoms with Gasteiger partial charge in [-0.25, -0.2) is 4.79 Å². The number of nitrogens with one attached hydrogen (secondary N) is 1. The van der Waals surface area contributed by atoms with Crippen molar-refractivity contribution < 1.29 is 14.7 Å². The fourth-order valence-corrected chi connectivity index (χ4v) is 2.58. The molecule has 0 radical (unpaired) electrons. The Kier molecular flexibility index (Phi) is 5.53. The van der Waals surface area contributed by atoms with Crippen molar-refractivity contribution >= 4 is 17.6 Å². The lowest BCUT2D eigenvalue weighted by molar-refractivity contribution is -0.117. The summed E-state index contributed by atoms with van der Waals surface area (Å²) in [6, 6.07) is 4.94. The molecule has 0 aliphatic rings. The molecule has 1 aromatic rings. The van der Waals surface area contributed by atoms with Gasteiger partial charge in [0.1, 0.15) is 0 Å². The van der Waals surface area contributed by atoms with Gasteiger partial charge in [-0.05, 0) is 42.4 Å². The molecule has 1 unspecified atom stereocenters. The fourth-order valence-electron chi connectivity index (χ4n) is 2.58. The van der Waals surface area contributed by atoms with E-state index in [0.717, 1.165) is 6.42 Å². The van der Waals surface area contributed by atoms with Gasteiger partial charge in [0.25, 0.3) is 0 Å². The predicted octanol–water partition coefficient (Wildman–Crippen LogP) is 4.09. The third-order valence-electron chi connectivity index (χ3n) is 3.25. The molecule has 0 aliphatic carbocycles. The number of amides is 1. The highest BCUT2D eigenvalue weighted by Gasteiger charge is 2.18. The Hall–Kier alpha value is -1.84. The van der Waals surface area contributed by atoms with Gasteiger partial charge in [-0.2, -0.15) is 0 Å². The van der Waals surface area contributed by atoms with Crippen LogP contribution in [-0.2, 0) is 4.79 Å². The van der Waals surface area contributed by atoms with E-state index in [1.54, 1.807) is 19.1 Å². The van der Waals surface area contributed by atoms with Gasteiger partial charge in [0.2, 0.25) is 5.91 Å². The van der Waals surface area contributed by atoms with Crippen molar-refractivity contribution in [3.63, 3.8) is 0 Å². The Morgan fingerprint density at radius 3 is 2.43 bits per heavy atom. The van der Waals surface area contributed by atoms with Crippen LogP contribution < -0.4 is 5.32 Å². The van der Waals surface area contributed by atoms with Crippen LogP contribution in [0.1, 0.15) is 56.5 Å². The zero-order chi connectivity index (χ0) is 16.2. The smallest absolute Gasteiger partial charge is 0.336 e. The molecule has 0 aromatic heterocycles. The number of carbonyl (C=O) groups excluding carboxylic acids is 1. The van der Waals surface area contributed by atoms with Crippen LogP contribution in [0.4, 0.5) is 5.69 Å². The molecule has 1 amide bonds. The first kappa shape index (κ1) is 17.2. The summed E-state index contributed by atoms with van der Waals surface area (Å²) in [5.74, 6) is -0.772. The third-order valence-corrected chi connectivity index (χ3v) is 3.25. The Bertz CT molecular complexity index is 529. The van der Waals surface area contributed by atoms with Gasteiger partial charge in [-0.15, -0.1) is 0 Å². The number of hydrogen-bond donors (Lipinski definition) is 2. The highest BCUT2D eigenvalue weighted by Crippen LogP contribution is 2.26. The Morgan fingerprint density at radius 2 is 1.90 bits per heavy atom. The maximum Gasteiger partial charge on any atom is 0.336 e. The van der Waals surface area contributed by atoms with Gasteiger partial charge in [-0.3, -0.25) is 4.79 Å². The summed E-state index contributed by atoms with van der Waals surface area (Å²) >= 11 is 0. The average Bonchev–Trinajstić information content (AvgIpc) is 2.28. The van der Waals surface area contributed by atoms with E-state index in [-0.39, 0.29) is 22.8 Å². The van der Waals surface area contributed by atoms with Crippen LogP contribution in [0.15, 0.2) is 18.2 Å². The summed E-state index contributed by atoms with van der Waals surface area (Å²) < 4.78 is 0. The van der Waals surface area contributed by atoms with Crippen LogP contribution in [0.2, 0.25) is 0 Å². The molecule has 0 heterocycles. The molecule has 2 N–H and O–H groups in total. The SMILES string of the molecule is Cc1ccc(NC(=O)CC(C)CC(C)(C)C)cc1C(=O)O. The van der Waals surface area contributed by atoms with Gasteiger partial charge < -0.3 is 10.4 Å². The minimum atomic E-state index is -0.982. The van der Waals surface area contributed by atoms with Crippen LogP contribution in [0.25, 0.3) is 0 Å². The summed E-state index contributed by atoms with van der Waals surface area (Å²) in [7, 11) is 0. The predicted molar refractivity (Wildman–Crippen MR) is 84.6 cm³/mol. The van der Waals surface area contributed by atoms with E-state index in [9.17, 15) is 9.59 Å². The molecule has 0 spiro atoms. The standard InChI is InChI=1S/C17H25NO3/c1-11(10-17(3,4)5)8-15(19)18-13-7-6-12(2)14(9-13)16(20)21/h6-7,9,11H,8,10H2,1-5H3,(H,18,19)(H,20,21). The monoisotopic (exact) mass is 291 g/mol. The van der Waals surface area contributed by atoms with E-state index in [2.05, 4.69) is 33.0 Å². The second-order valence-electron chi connectivity index (χ2n) is 6.96. The first-order valence-electron chi connectivity index (χ1n) is 7.22. The van der Waals surface area contributed by atoms with Crippen LogP contribution in [0.3, 0.4) is 0 Å². The summed E-state index contributed by atoms with van der Waals surface area (Å²) in [5, 5.41) is 11.9. The summed E-state index contributed by atoms with van der Waals surface area (Å²) in [6.45, 7) is 10.3. The molecule has 4 nitrogen and oxygen atoms in total. The molecule has 1 atom stereocenters. The number of benzene rings is 1. The first-order chi connectivity index (χ1) is 9.58. The minimum Gasteiger partial charge on any atom is -0.478 e. The van der Waals surface area contributed by atoms with Gasteiger partial charge in [-0.1, -0.05) is 33.8 Å². The van der Waals surface area contributed by atoms with E-state index in [1.165, 1.54) is 6.07 Å². The van der Waals surface area contributed by atoms with Crippen molar-refractivity contribution in [2.24, 2.45) is 11.3 Å². The third kappa shape index (κ3) is 5.98. The number of aryl methyl sites for hydroxylation is 1. The Morgan fingerprint density at radius 1 is 1.29 bits per heavy atom. The number of rotatable bonds is 5. The molecule has 0 saturated carbocycles. The largest absolute Gasteiger partial charge is 0.478 e. The van der Waals surface area contributed by atoms with Crippen molar-refractivity contribution in [1.82, 2.24) is 0 Å². The van der Waals surface area contributed by atoms with Gasteiger partial charge in [0, 0.05) is 12.1 Å². The fraction of sp³-hybridized carbons (Fsp3) is 0.529. The highest BCUT2D eigenvalue weighted by molar-refractivity contribution is 5.94. The summed E-state index contributed by atoms with van der Waals surface area (Å²) in [4.78, 5) is 23.1. The van der Waals surface area contributed by atoms with Crippen molar-refractivity contribution in [3.05, 3.63) is 29.3 Å². The average molecular weight is 291 g/mol.